The number of benzene rings is 1. The predicted molar refractivity (Wildman–Crippen MR) is 103 cm³/mol. The molecule has 2 N–H and O–H groups in total. The fourth-order valence-corrected chi connectivity index (χ4v) is 4.27. The van der Waals surface area contributed by atoms with E-state index in [0.717, 1.165) is 51.6 Å². The Hall–Kier alpha value is -2.70. The topological polar surface area (TPSA) is 78.1 Å². The number of hydrogen-bond acceptors (Lipinski definition) is 3. The number of likely N-dealkylation sites (tertiary alicyclic amines) is 1. The van der Waals surface area contributed by atoms with E-state index < -0.39 is 0 Å². The van der Waals surface area contributed by atoms with Gasteiger partial charge in [0, 0.05) is 30.6 Å². The highest BCUT2D eigenvalue weighted by atomic mass is 19.1. The molecule has 2 fully saturated rings. The summed E-state index contributed by atoms with van der Waals surface area (Å²) in [5.74, 6) is -0.213. The van der Waals surface area contributed by atoms with Crippen LogP contribution in [0.3, 0.4) is 0 Å². The lowest BCUT2D eigenvalue weighted by Gasteiger charge is -2.30. The Bertz CT molecular complexity index is 852. The van der Waals surface area contributed by atoms with Crippen LogP contribution in [-0.4, -0.2) is 46.0 Å². The van der Waals surface area contributed by atoms with Gasteiger partial charge >= 0.3 is 0 Å². The van der Waals surface area contributed by atoms with E-state index in [-0.39, 0.29) is 29.6 Å². The number of aromatic amines is 1. The lowest BCUT2D eigenvalue weighted by Crippen LogP contribution is -2.41. The second-order valence-electron chi connectivity index (χ2n) is 7.72. The molecule has 28 heavy (non-hydrogen) atoms. The lowest BCUT2D eigenvalue weighted by molar-refractivity contribution is -0.135. The normalized spacial score (nSPS) is 22.2. The molecule has 1 aliphatic heterocycles. The van der Waals surface area contributed by atoms with Crippen molar-refractivity contribution < 1.29 is 14.0 Å². The molecular formula is C21H25FN4O2. The molecule has 2 aromatic rings. The van der Waals surface area contributed by atoms with E-state index in [0.29, 0.717) is 16.8 Å². The average Bonchev–Trinajstić information content (AvgIpc) is 3.40. The number of H-pyrrole nitrogens is 1. The number of carbonyl (C=O) groups is 2. The largest absolute Gasteiger partial charge is 0.349 e. The molecule has 1 aliphatic carbocycles. The van der Waals surface area contributed by atoms with Gasteiger partial charge in [-0.1, -0.05) is 12.1 Å². The predicted octanol–water partition coefficient (Wildman–Crippen LogP) is 3.13. The van der Waals surface area contributed by atoms with Crippen LogP contribution < -0.4 is 5.32 Å². The summed E-state index contributed by atoms with van der Waals surface area (Å²) in [5.41, 5.74) is 1.50. The van der Waals surface area contributed by atoms with Crippen LogP contribution in [0.1, 0.15) is 48.9 Å². The number of hydrogen-bond donors (Lipinski definition) is 2. The van der Waals surface area contributed by atoms with Crippen LogP contribution >= 0.6 is 0 Å². The molecule has 0 unspecified atom stereocenters. The van der Waals surface area contributed by atoms with E-state index >= 15 is 0 Å². The van der Waals surface area contributed by atoms with Crippen molar-refractivity contribution in [2.75, 3.05) is 13.1 Å². The summed E-state index contributed by atoms with van der Waals surface area (Å²) in [5, 5.41) is 9.81. The third kappa shape index (κ3) is 3.93. The molecule has 0 radical (unpaired) electrons. The van der Waals surface area contributed by atoms with Crippen molar-refractivity contribution in [3.8, 4) is 11.3 Å². The van der Waals surface area contributed by atoms with Crippen molar-refractivity contribution in [3.05, 3.63) is 41.8 Å². The van der Waals surface area contributed by atoms with Crippen LogP contribution in [0.25, 0.3) is 11.3 Å². The molecule has 2 amide bonds. The van der Waals surface area contributed by atoms with Crippen LogP contribution in [0, 0.1) is 11.7 Å². The zero-order valence-electron chi connectivity index (χ0n) is 15.8. The van der Waals surface area contributed by atoms with Crippen LogP contribution in [0.15, 0.2) is 30.5 Å². The number of halogens is 1. The molecule has 2 heterocycles. The van der Waals surface area contributed by atoms with Gasteiger partial charge in [0.1, 0.15) is 5.82 Å². The highest BCUT2D eigenvalue weighted by molar-refractivity contribution is 5.99. The van der Waals surface area contributed by atoms with Crippen LogP contribution in [0.5, 0.6) is 0 Å². The molecule has 0 bridgehead atoms. The minimum atomic E-state index is -0.362. The summed E-state index contributed by atoms with van der Waals surface area (Å²) in [6.07, 6.45) is 6.89. The standard InChI is InChI=1S/C21H25FN4O2/c22-16-5-3-4-15(12-16)19-18(13-23-25-19)20(27)24-17-8-6-14(7-9-17)21(28)26-10-1-2-11-26/h3-5,12-14,17H,1-2,6-11H2,(H,23,25)(H,24,27). The first kappa shape index (κ1) is 18.7. The number of amides is 2. The van der Waals surface area contributed by atoms with Crippen molar-refractivity contribution in [2.45, 2.75) is 44.6 Å². The third-order valence-corrected chi connectivity index (χ3v) is 5.83. The first-order valence-corrected chi connectivity index (χ1v) is 10.0. The Balaban J connectivity index is 1.35. The number of aromatic nitrogens is 2. The lowest BCUT2D eigenvalue weighted by atomic mass is 9.85. The van der Waals surface area contributed by atoms with Gasteiger partial charge in [0.2, 0.25) is 5.91 Å². The summed E-state index contributed by atoms with van der Waals surface area (Å²) < 4.78 is 13.5. The first-order valence-electron chi connectivity index (χ1n) is 10.0. The number of rotatable bonds is 4. The van der Waals surface area contributed by atoms with Crippen LogP contribution in [-0.2, 0) is 4.79 Å². The van der Waals surface area contributed by atoms with Gasteiger partial charge in [-0.25, -0.2) is 4.39 Å². The molecule has 7 heteroatoms. The molecule has 1 saturated carbocycles. The highest BCUT2D eigenvalue weighted by Crippen LogP contribution is 2.28. The fraction of sp³-hybridized carbons (Fsp3) is 0.476. The highest BCUT2D eigenvalue weighted by Gasteiger charge is 2.31. The Kier molecular flexibility index (Phi) is 5.41. The summed E-state index contributed by atoms with van der Waals surface area (Å²) in [6.45, 7) is 1.78. The third-order valence-electron chi connectivity index (χ3n) is 5.83. The van der Waals surface area contributed by atoms with Gasteiger partial charge in [0.15, 0.2) is 0 Å². The van der Waals surface area contributed by atoms with Crippen LogP contribution in [0.2, 0.25) is 0 Å². The number of nitrogens with one attached hydrogen (secondary N) is 2. The van der Waals surface area contributed by atoms with E-state index in [1.54, 1.807) is 12.1 Å². The van der Waals surface area contributed by atoms with Crippen molar-refractivity contribution in [1.82, 2.24) is 20.4 Å². The second kappa shape index (κ2) is 8.12. The Morgan fingerprint density at radius 2 is 1.89 bits per heavy atom. The maximum absolute atomic E-state index is 13.5. The monoisotopic (exact) mass is 384 g/mol. The zero-order chi connectivity index (χ0) is 19.5. The molecular weight excluding hydrogens is 359 g/mol. The van der Waals surface area contributed by atoms with Gasteiger partial charge in [0.05, 0.1) is 17.5 Å². The SMILES string of the molecule is O=C(NC1CCC(C(=O)N2CCCC2)CC1)c1cn[nH]c1-c1cccc(F)c1. The quantitative estimate of drug-likeness (QED) is 0.850. The average molecular weight is 384 g/mol. The summed E-state index contributed by atoms with van der Waals surface area (Å²) in [7, 11) is 0. The maximum Gasteiger partial charge on any atom is 0.255 e. The van der Waals surface area contributed by atoms with Gasteiger partial charge in [-0.3, -0.25) is 14.7 Å². The van der Waals surface area contributed by atoms with Crippen LogP contribution in [0.4, 0.5) is 4.39 Å². The van der Waals surface area contributed by atoms with Gasteiger partial charge in [-0.2, -0.15) is 5.10 Å². The molecule has 4 rings (SSSR count). The van der Waals surface area contributed by atoms with E-state index in [2.05, 4.69) is 15.5 Å². The van der Waals surface area contributed by atoms with Crippen molar-refractivity contribution in [1.29, 1.82) is 0 Å². The molecule has 0 atom stereocenters. The Labute approximate surface area is 163 Å². The van der Waals surface area contributed by atoms with E-state index in [4.69, 9.17) is 0 Å². The molecule has 148 valence electrons. The van der Waals surface area contributed by atoms with E-state index in [9.17, 15) is 14.0 Å². The van der Waals surface area contributed by atoms with Gasteiger partial charge in [0.25, 0.3) is 5.91 Å². The van der Waals surface area contributed by atoms with Crippen molar-refractivity contribution >= 4 is 11.8 Å². The molecule has 2 aliphatic rings. The van der Waals surface area contributed by atoms with E-state index in [1.807, 2.05) is 4.90 Å². The minimum Gasteiger partial charge on any atom is -0.349 e. The van der Waals surface area contributed by atoms with Gasteiger partial charge in [-0.15, -0.1) is 0 Å². The van der Waals surface area contributed by atoms with E-state index in [1.165, 1.54) is 18.3 Å². The minimum absolute atomic E-state index is 0.0467. The molecule has 0 spiro atoms. The summed E-state index contributed by atoms with van der Waals surface area (Å²) >= 11 is 0. The maximum atomic E-state index is 13.5. The molecule has 1 aromatic carbocycles. The molecule has 1 aromatic heterocycles. The van der Waals surface area contributed by atoms with Crippen molar-refractivity contribution in [3.63, 3.8) is 0 Å². The fourth-order valence-electron chi connectivity index (χ4n) is 4.27. The van der Waals surface area contributed by atoms with Crippen molar-refractivity contribution in [2.24, 2.45) is 5.92 Å². The second-order valence-corrected chi connectivity index (χ2v) is 7.72. The zero-order valence-corrected chi connectivity index (χ0v) is 15.8. The molecule has 1 saturated heterocycles. The smallest absolute Gasteiger partial charge is 0.255 e. The Morgan fingerprint density at radius 3 is 2.61 bits per heavy atom. The summed E-state index contributed by atoms with van der Waals surface area (Å²) in [4.78, 5) is 27.3. The first-order chi connectivity index (χ1) is 13.6. The van der Waals surface area contributed by atoms with Gasteiger partial charge in [-0.05, 0) is 50.7 Å². The number of nitrogens with zero attached hydrogens (tertiary/aromatic N) is 2. The molecule has 6 nitrogen and oxygen atoms in total. The number of carbonyl (C=O) groups excluding carboxylic acids is 2. The Morgan fingerprint density at radius 1 is 1.14 bits per heavy atom. The summed E-state index contributed by atoms with van der Waals surface area (Å²) in [6, 6.07) is 6.13. The van der Waals surface area contributed by atoms with Gasteiger partial charge < -0.3 is 10.2 Å².